The molecule has 0 aliphatic carbocycles. The van der Waals surface area contributed by atoms with E-state index in [1.165, 1.54) is 36.8 Å². The summed E-state index contributed by atoms with van der Waals surface area (Å²) in [7, 11) is 1.82. The predicted molar refractivity (Wildman–Crippen MR) is 141 cm³/mol. The highest BCUT2D eigenvalue weighted by Crippen LogP contribution is 2.18. The molecule has 2 rings (SSSR count). The van der Waals surface area contributed by atoms with Crippen LogP contribution < -0.4 is 16.4 Å². The molecule has 0 bridgehead atoms. The van der Waals surface area contributed by atoms with Crippen molar-refractivity contribution in [3.63, 3.8) is 0 Å². The summed E-state index contributed by atoms with van der Waals surface area (Å²) < 4.78 is 0. The number of halogens is 1. The second-order valence-corrected chi connectivity index (χ2v) is 8.62. The number of hydrogen-bond donors (Lipinski definition) is 3. The third-order valence-electron chi connectivity index (χ3n) is 5.86. The van der Waals surface area contributed by atoms with Crippen molar-refractivity contribution in [3.8, 4) is 0 Å². The van der Waals surface area contributed by atoms with E-state index in [4.69, 9.17) is 5.73 Å². The molecule has 1 amide bonds. The molecular formula is C24H42IN5O. The molecule has 1 fully saturated rings. The molecule has 7 heteroatoms. The second kappa shape index (κ2) is 15.5. The van der Waals surface area contributed by atoms with Gasteiger partial charge in [-0.3, -0.25) is 14.7 Å². The molecule has 1 heterocycles. The molecule has 1 saturated heterocycles. The van der Waals surface area contributed by atoms with E-state index in [0.717, 1.165) is 51.4 Å². The lowest BCUT2D eigenvalue weighted by molar-refractivity contribution is -0.123. The van der Waals surface area contributed by atoms with Gasteiger partial charge in [0.15, 0.2) is 5.96 Å². The van der Waals surface area contributed by atoms with Crippen molar-refractivity contribution in [1.82, 2.24) is 15.5 Å². The van der Waals surface area contributed by atoms with Gasteiger partial charge in [-0.15, -0.1) is 24.0 Å². The van der Waals surface area contributed by atoms with Crippen molar-refractivity contribution >= 4 is 35.8 Å². The maximum Gasteiger partial charge on any atom is 0.221 e. The van der Waals surface area contributed by atoms with Crippen LogP contribution in [0, 0.1) is 5.92 Å². The number of nitrogens with one attached hydrogen (secondary N) is 2. The first-order valence-corrected chi connectivity index (χ1v) is 11.6. The van der Waals surface area contributed by atoms with Crippen LogP contribution in [0.5, 0.6) is 0 Å². The highest BCUT2D eigenvalue weighted by atomic mass is 127. The molecule has 4 N–H and O–H groups in total. The van der Waals surface area contributed by atoms with E-state index in [1.54, 1.807) is 0 Å². The van der Waals surface area contributed by atoms with Crippen LogP contribution in [-0.2, 0) is 17.9 Å². The first kappa shape index (κ1) is 27.7. The van der Waals surface area contributed by atoms with Crippen molar-refractivity contribution in [3.05, 3.63) is 35.4 Å². The number of benzene rings is 1. The Labute approximate surface area is 205 Å². The Morgan fingerprint density at radius 1 is 1.29 bits per heavy atom. The minimum absolute atomic E-state index is 0. The van der Waals surface area contributed by atoms with E-state index < -0.39 is 0 Å². The number of nitrogens with zero attached hydrogens (tertiary/aromatic N) is 2. The fourth-order valence-corrected chi connectivity index (χ4v) is 4.09. The van der Waals surface area contributed by atoms with Gasteiger partial charge in [0.25, 0.3) is 0 Å². The van der Waals surface area contributed by atoms with Gasteiger partial charge in [-0.1, -0.05) is 56.9 Å². The molecule has 0 saturated carbocycles. The summed E-state index contributed by atoms with van der Waals surface area (Å²) in [5.74, 6) is 0.668. The molecule has 176 valence electrons. The molecule has 31 heavy (non-hydrogen) atoms. The summed E-state index contributed by atoms with van der Waals surface area (Å²) in [6, 6.07) is 9.05. The molecule has 6 nitrogen and oxygen atoms in total. The zero-order chi connectivity index (χ0) is 21.8. The van der Waals surface area contributed by atoms with Gasteiger partial charge in [0, 0.05) is 32.7 Å². The number of aliphatic imine (C=N–C) groups is 1. The zero-order valence-electron chi connectivity index (χ0n) is 19.5. The summed E-state index contributed by atoms with van der Waals surface area (Å²) in [6.07, 6.45) is 8.27. The van der Waals surface area contributed by atoms with E-state index in [2.05, 4.69) is 58.6 Å². The number of carbonyl (C=O) groups excluding carboxylic acids is 1. The Balaban J connectivity index is 0.00000480. The van der Waals surface area contributed by atoms with Gasteiger partial charge in [-0.2, -0.15) is 0 Å². The number of primary amides is 1. The lowest BCUT2D eigenvalue weighted by Crippen LogP contribution is -2.41. The minimum atomic E-state index is -0.170. The maximum absolute atomic E-state index is 11.5. The summed E-state index contributed by atoms with van der Waals surface area (Å²) in [5.41, 5.74) is 8.01. The smallest absolute Gasteiger partial charge is 0.221 e. The van der Waals surface area contributed by atoms with Gasteiger partial charge in [0.1, 0.15) is 0 Å². The van der Waals surface area contributed by atoms with Crippen LogP contribution in [0.3, 0.4) is 0 Å². The molecule has 1 aromatic carbocycles. The number of nitrogens with two attached hydrogens (primary N) is 1. The van der Waals surface area contributed by atoms with Crippen molar-refractivity contribution in [2.24, 2.45) is 16.6 Å². The monoisotopic (exact) mass is 543 g/mol. The van der Waals surface area contributed by atoms with Crippen LogP contribution in [0.15, 0.2) is 29.3 Å². The largest absolute Gasteiger partial charge is 0.369 e. The number of amides is 1. The summed E-state index contributed by atoms with van der Waals surface area (Å²) in [6.45, 7) is 7.85. The Morgan fingerprint density at radius 3 is 2.77 bits per heavy atom. The van der Waals surface area contributed by atoms with Crippen LogP contribution in [0.2, 0.25) is 0 Å². The zero-order valence-corrected chi connectivity index (χ0v) is 21.9. The predicted octanol–water partition coefficient (Wildman–Crippen LogP) is 4.03. The van der Waals surface area contributed by atoms with E-state index in [9.17, 15) is 4.79 Å². The first-order chi connectivity index (χ1) is 14.5. The molecule has 1 aliphatic heterocycles. The number of guanidine groups is 1. The molecule has 2 unspecified atom stereocenters. The first-order valence-electron chi connectivity index (χ1n) is 11.6. The Bertz CT molecular complexity index is 682. The maximum atomic E-state index is 11.5. The van der Waals surface area contributed by atoms with Crippen LogP contribution in [0.25, 0.3) is 0 Å². The van der Waals surface area contributed by atoms with Gasteiger partial charge in [-0.05, 0) is 43.9 Å². The Hall–Kier alpha value is -1.35. The average Bonchev–Trinajstić information content (AvgIpc) is 2.74. The fourth-order valence-electron chi connectivity index (χ4n) is 4.09. The van der Waals surface area contributed by atoms with Crippen molar-refractivity contribution < 1.29 is 4.79 Å². The number of rotatable bonds is 11. The Kier molecular flexibility index (Phi) is 13.8. The van der Waals surface area contributed by atoms with Crippen LogP contribution in [0.4, 0.5) is 0 Å². The molecule has 0 radical (unpaired) electrons. The summed E-state index contributed by atoms with van der Waals surface area (Å²) in [5, 5.41) is 6.93. The second-order valence-electron chi connectivity index (χ2n) is 8.62. The van der Waals surface area contributed by atoms with Crippen LogP contribution in [0.1, 0.15) is 69.9 Å². The van der Waals surface area contributed by atoms with Gasteiger partial charge in [0.05, 0.1) is 5.92 Å². The highest BCUT2D eigenvalue weighted by Gasteiger charge is 2.23. The molecule has 1 aromatic rings. The lowest BCUT2D eigenvalue weighted by Gasteiger charge is -2.31. The van der Waals surface area contributed by atoms with Crippen LogP contribution in [-0.4, -0.2) is 42.9 Å². The summed E-state index contributed by atoms with van der Waals surface area (Å²) in [4.78, 5) is 18.2. The quantitative estimate of drug-likeness (QED) is 0.170. The normalized spacial score (nSPS) is 18.2. The fraction of sp³-hybridized carbons (Fsp3) is 0.667. The van der Waals surface area contributed by atoms with Gasteiger partial charge >= 0.3 is 0 Å². The molecule has 0 aromatic heterocycles. The number of likely N-dealkylation sites (tertiary alicyclic amines) is 1. The third-order valence-corrected chi connectivity index (χ3v) is 5.86. The van der Waals surface area contributed by atoms with E-state index in [-0.39, 0.29) is 35.8 Å². The van der Waals surface area contributed by atoms with Crippen molar-refractivity contribution in [1.29, 1.82) is 0 Å². The number of piperidine rings is 1. The standard InChI is InChI=1S/C24H41N5O.HI/c1-4-5-6-7-10-19(2)28-24(26-3)27-16-20-11-8-12-21(15-20)17-29-14-9-13-22(18-29)23(25)30;/h8,11-12,15,19,22H,4-7,9-10,13-14,16-18H2,1-3H3,(H2,25,30)(H2,26,27,28);1H. The van der Waals surface area contributed by atoms with Gasteiger partial charge < -0.3 is 16.4 Å². The van der Waals surface area contributed by atoms with E-state index >= 15 is 0 Å². The molecule has 0 spiro atoms. The van der Waals surface area contributed by atoms with E-state index in [1.807, 2.05) is 7.05 Å². The average molecular weight is 544 g/mol. The minimum Gasteiger partial charge on any atom is -0.369 e. The Morgan fingerprint density at radius 2 is 2.06 bits per heavy atom. The molecule has 1 aliphatic rings. The van der Waals surface area contributed by atoms with E-state index in [0.29, 0.717) is 6.04 Å². The van der Waals surface area contributed by atoms with Crippen molar-refractivity contribution in [2.45, 2.75) is 77.9 Å². The molecular weight excluding hydrogens is 501 g/mol. The van der Waals surface area contributed by atoms with Crippen molar-refractivity contribution in [2.75, 3.05) is 20.1 Å². The lowest BCUT2D eigenvalue weighted by atomic mass is 9.97. The number of unbranched alkanes of at least 4 members (excludes halogenated alkanes) is 3. The molecule has 2 atom stereocenters. The number of hydrogen-bond acceptors (Lipinski definition) is 3. The SMILES string of the molecule is CCCCCCC(C)NC(=NC)NCc1cccc(CN2CCCC(C(N)=O)C2)c1.I. The van der Waals surface area contributed by atoms with Crippen LogP contribution >= 0.6 is 24.0 Å². The topological polar surface area (TPSA) is 82.8 Å². The summed E-state index contributed by atoms with van der Waals surface area (Å²) >= 11 is 0. The van der Waals surface area contributed by atoms with Gasteiger partial charge in [0.2, 0.25) is 5.91 Å². The highest BCUT2D eigenvalue weighted by molar-refractivity contribution is 14.0. The third kappa shape index (κ3) is 10.7. The van der Waals surface area contributed by atoms with Gasteiger partial charge in [-0.25, -0.2) is 0 Å². The number of carbonyl (C=O) groups is 1.